The van der Waals surface area contributed by atoms with E-state index in [9.17, 15) is 4.79 Å². The molecule has 0 saturated heterocycles. The topological polar surface area (TPSA) is 97.1 Å². The summed E-state index contributed by atoms with van der Waals surface area (Å²) in [4.78, 5) is 16.7. The van der Waals surface area contributed by atoms with Crippen LogP contribution < -0.4 is 10.6 Å². The Hall–Kier alpha value is -4.30. The Kier molecular flexibility index (Phi) is 5.19. The molecule has 0 bridgehead atoms. The van der Waals surface area contributed by atoms with Gasteiger partial charge in [0.1, 0.15) is 5.69 Å². The number of hydrogen-bond donors (Lipinski definition) is 2. The zero-order chi connectivity index (χ0) is 21.9. The Labute approximate surface area is 187 Å². The summed E-state index contributed by atoms with van der Waals surface area (Å²) in [5.74, 6) is 0.555. The predicted molar refractivity (Wildman–Crippen MR) is 124 cm³/mol. The third-order valence-corrected chi connectivity index (χ3v) is 4.93. The number of benzene rings is 2. The number of carbonyl (C=O) groups is 1. The van der Waals surface area contributed by atoms with E-state index < -0.39 is 0 Å². The molecule has 5 aromatic rings. The van der Waals surface area contributed by atoms with Crippen molar-refractivity contribution < 1.29 is 4.79 Å². The van der Waals surface area contributed by atoms with Gasteiger partial charge in [0.25, 0.3) is 0 Å². The molecule has 0 aliphatic heterocycles. The number of hydrogen-bond acceptors (Lipinski definition) is 5. The number of fused-ring (bicyclic) bond motifs is 1. The van der Waals surface area contributed by atoms with Gasteiger partial charge in [-0.05, 0) is 60.7 Å². The fourth-order valence-corrected chi connectivity index (χ4v) is 3.31. The van der Waals surface area contributed by atoms with Crippen molar-refractivity contribution in [3.63, 3.8) is 0 Å². The molecule has 2 amide bonds. The van der Waals surface area contributed by atoms with Crippen LogP contribution in [0.15, 0.2) is 85.1 Å². The summed E-state index contributed by atoms with van der Waals surface area (Å²) in [6.07, 6.45) is 1.70. The molecule has 2 N–H and O–H groups in total. The molecule has 0 fully saturated rings. The molecule has 3 aromatic heterocycles. The normalized spacial score (nSPS) is 10.8. The molecule has 5 rings (SSSR count). The van der Waals surface area contributed by atoms with Crippen molar-refractivity contribution in [2.45, 2.75) is 0 Å². The summed E-state index contributed by atoms with van der Waals surface area (Å²) in [5.41, 5.74) is 4.10. The van der Waals surface area contributed by atoms with E-state index in [4.69, 9.17) is 11.6 Å². The lowest BCUT2D eigenvalue weighted by atomic mass is 10.1. The first-order valence-electron chi connectivity index (χ1n) is 9.74. The minimum absolute atomic E-state index is 0.357. The van der Waals surface area contributed by atoms with Gasteiger partial charge in [-0.25, -0.2) is 4.79 Å². The van der Waals surface area contributed by atoms with Crippen molar-refractivity contribution in [1.82, 2.24) is 24.8 Å². The Balaban J connectivity index is 1.40. The molecule has 0 aliphatic carbocycles. The molecule has 2 aromatic carbocycles. The summed E-state index contributed by atoms with van der Waals surface area (Å²) >= 11 is 5.88. The van der Waals surface area contributed by atoms with E-state index in [1.165, 1.54) is 0 Å². The van der Waals surface area contributed by atoms with Crippen LogP contribution in [0.5, 0.6) is 0 Å². The standard InChI is InChI=1S/C23H16ClN7O/c24-16-7-9-17(10-8-16)26-23(32)27-18-5-3-4-15(14-18)19-11-12-21-28-29-22(31(21)30-19)20-6-1-2-13-25-20/h1-14H,(H2,26,27,32). The SMILES string of the molecule is O=C(Nc1ccc(Cl)cc1)Nc1cccc(-c2ccc3nnc(-c4ccccn4)n3n2)c1. The first kappa shape index (κ1) is 19.7. The molecule has 0 spiro atoms. The Morgan fingerprint density at radius 2 is 1.66 bits per heavy atom. The van der Waals surface area contributed by atoms with Gasteiger partial charge in [0.15, 0.2) is 5.65 Å². The van der Waals surface area contributed by atoms with Crippen LogP contribution in [0.2, 0.25) is 5.02 Å². The maximum atomic E-state index is 12.4. The maximum absolute atomic E-state index is 12.4. The van der Waals surface area contributed by atoms with Crippen molar-refractivity contribution in [2.75, 3.05) is 10.6 Å². The van der Waals surface area contributed by atoms with Gasteiger partial charge in [0.2, 0.25) is 5.82 Å². The van der Waals surface area contributed by atoms with E-state index in [0.29, 0.717) is 39.3 Å². The average molecular weight is 442 g/mol. The zero-order valence-corrected chi connectivity index (χ0v) is 17.4. The van der Waals surface area contributed by atoms with E-state index in [0.717, 1.165) is 5.56 Å². The quantitative estimate of drug-likeness (QED) is 0.402. The van der Waals surface area contributed by atoms with Gasteiger partial charge in [-0.3, -0.25) is 4.98 Å². The van der Waals surface area contributed by atoms with Crippen molar-refractivity contribution in [3.8, 4) is 22.8 Å². The number of halogens is 1. The summed E-state index contributed by atoms with van der Waals surface area (Å²) in [6, 6.07) is 23.2. The lowest BCUT2D eigenvalue weighted by Crippen LogP contribution is -2.19. The van der Waals surface area contributed by atoms with Crippen LogP contribution in [-0.4, -0.2) is 30.8 Å². The Morgan fingerprint density at radius 1 is 0.812 bits per heavy atom. The second kappa shape index (κ2) is 8.44. The van der Waals surface area contributed by atoms with Crippen LogP contribution >= 0.6 is 11.6 Å². The molecule has 0 aliphatic rings. The van der Waals surface area contributed by atoms with Crippen LogP contribution in [0.4, 0.5) is 16.2 Å². The second-order valence-corrected chi connectivity index (χ2v) is 7.33. The van der Waals surface area contributed by atoms with Crippen LogP contribution in [0, 0.1) is 0 Å². The van der Waals surface area contributed by atoms with E-state index in [1.54, 1.807) is 35.0 Å². The Bertz CT molecular complexity index is 1400. The molecule has 9 heteroatoms. The zero-order valence-electron chi connectivity index (χ0n) is 16.6. The van der Waals surface area contributed by atoms with Crippen molar-refractivity contribution >= 4 is 34.7 Å². The second-order valence-electron chi connectivity index (χ2n) is 6.89. The molecule has 0 saturated carbocycles. The number of pyridine rings is 1. The van der Waals surface area contributed by atoms with Crippen molar-refractivity contribution in [1.29, 1.82) is 0 Å². The van der Waals surface area contributed by atoms with Crippen LogP contribution in [0.1, 0.15) is 0 Å². The van der Waals surface area contributed by atoms with Crippen LogP contribution in [0.25, 0.3) is 28.4 Å². The minimum Gasteiger partial charge on any atom is -0.308 e. The fourth-order valence-electron chi connectivity index (χ4n) is 3.18. The summed E-state index contributed by atoms with van der Waals surface area (Å²) in [5, 5.41) is 19.3. The highest BCUT2D eigenvalue weighted by Gasteiger charge is 2.12. The number of nitrogens with zero attached hydrogens (tertiary/aromatic N) is 5. The molecular weight excluding hydrogens is 426 g/mol. The molecule has 156 valence electrons. The van der Waals surface area contributed by atoms with Gasteiger partial charge in [0.05, 0.1) is 5.69 Å². The highest BCUT2D eigenvalue weighted by molar-refractivity contribution is 6.30. The average Bonchev–Trinajstić information content (AvgIpc) is 3.25. The van der Waals surface area contributed by atoms with Gasteiger partial charge >= 0.3 is 6.03 Å². The number of nitrogens with one attached hydrogen (secondary N) is 2. The number of carbonyl (C=O) groups excluding carboxylic acids is 1. The monoisotopic (exact) mass is 441 g/mol. The van der Waals surface area contributed by atoms with E-state index in [2.05, 4.69) is 30.9 Å². The van der Waals surface area contributed by atoms with Gasteiger partial charge in [-0.15, -0.1) is 10.2 Å². The smallest absolute Gasteiger partial charge is 0.308 e. The molecule has 0 unspecified atom stereocenters. The predicted octanol–water partition coefficient (Wildman–Crippen LogP) is 5.15. The lowest BCUT2D eigenvalue weighted by Gasteiger charge is -2.09. The number of amides is 2. The summed E-state index contributed by atoms with van der Waals surface area (Å²) < 4.78 is 1.66. The van der Waals surface area contributed by atoms with Crippen LogP contribution in [-0.2, 0) is 0 Å². The maximum Gasteiger partial charge on any atom is 0.323 e. The number of aromatic nitrogens is 5. The highest BCUT2D eigenvalue weighted by Crippen LogP contribution is 2.23. The van der Waals surface area contributed by atoms with E-state index in [1.807, 2.05) is 54.6 Å². The van der Waals surface area contributed by atoms with Gasteiger partial charge in [0, 0.05) is 28.2 Å². The first-order chi connectivity index (χ1) is 15.7. The van der Waals surface area contributed by atoms with E-state index in [-0.39, 0.29) is 6.03 Å². The number of anilines is 2. The molecule has 32 heavy (non-hydrogen) atoms. The van der Waals surface area contributed by atoms with Crippen molar-refractivity contribution in [2.24, 2.45) is 0 Å². The lowest BCUT2D eigenvalue weighted by molar-refractivity contribution is 0.262. The molecule has 3 heterocycles. The Morgan fingerprint density at radius 3 is 2.47 bits per heavy atom. The fraction of sp³-hybridized carbons (Fsp3) is 0. The van der Waals surface area contributed by atoms with Crippen LogP contribution in [0.3, 0.4) is 0 Å². The molecule has 0 radical (unpaired) electrons. The van der Waals surface area contributed by atoms with Crippen molar-refractivity contribution in [3.05, 3.63) is 90.1 Å². The summed E-state index contributed by atoms with van der Waals surface area (Å²) in [6.45, 7) is 0. The molecule has 0 atom stereocenters. The summed E-state index contributed by atoms with van der Waals surface area (Å²) in [7, 11) is 0. The molecular formula is C23H16ClN7O. The van der Waals surface area contributed by atoms with Gasteiger partial charge in [-0.2, -0.15) is 9.61 Å². The minimum atomic E-state index is -0.357. The van der Waals surface area contributed by atoms with Gasteiger partial charge < -0.3 is 10.6 Å². The van der Waals surface area contributed by atoms with E-state index >= 15 is 0 Å². The molecule has 8 nitrogen and oxygen atoms in total. The largest absolute Gasteiger partial charge is 0.323 e. The van der Waals surface area contributed by atoms with Gasteiger partial charge in [-0.1, -0.05) is 29.8 Å². The number of urea groups is 1. The third-order valence-electron chi connectivity index (χ3n) is 4.68. The highest BCUT2D eigenvalue weighted by atomic mass is 35.5. The first-order valence-corrected chi connectivity index (χ1v) is 10.1. The number of rotatable bonds is 4. The third kappa shape index (κ3) is 4.12.